The van der Waals surface area contributed by atoms with Crippen molar-refractivity contribution >= 4 is 5.91 Å². The fourth-order valence-corrected chi connectivity index (χ4v) is 5.00. The quantitative estimate of drug-likeness (QED) is 0.798. The molecule has 1 amide bonds. The first kappa shape index (κ1) is 19.7. The van der Waals surface area contributed by atoms with E-state index in [1.165, 1.54) is 32.1 Å². The summed E-state index contributed by atoms with van der Waals surface area (Å²) in [5, 5.41) is 16.1. The molecule has 2 saturated heterocycles. The molecule has 0 unspecified atom stereocenters. The van der Waals surface area contributed by atoms with Gasteiger partial charge in [-0.05, 0) is 25.3 Å². The summed E-state index contributed by atoms with van der Waals surface area (Å²) < 4.78 is 15.6. The monoisotopic (exact) mass is 414 g/mol. The lowest BCUT2D eigenvalue weighted by atomic mass is 9.86. The number of nitrogens with zero attached hydrogens (tertiary/aromatic N) is 5. The molecule has 4 atom stereocenters. The van der Waals surface area contributed by atoms with Crippen LogP contribution in [-0.4, -0.2) is 62.1 Å². The molecule has 1 N–H and O–H groups in total. The van der Waals surface area contributed by atoms with Crippen molar-refractivity contribution < 1.29 is 14.3 Å². The summed E-state index contributed by atoms with van der Waals surface area (Å²) in [4.78, 5) is 12.6. The third-order valence-electron chi connectivity index (χ3n) is 6.81. The molecule has 162 valence electrons. The summed E-state index contributed by atoms with van der Waals surface area (Å²) in [6.07, 6.45) is 9.35. The second-order valence-corrected chi connectivity index (χ2v) is 8.94. The van der Waals surface area contributed by atoms with E-state index in [4.69, 9.17) is 9.47 Å². The van der Waals surface area contributed by atoms with Gasteiger partial charge in [0.15, 0.2) is 0 Å². The zero-order valence-corrected chi connectivity index (χ0v) is 17.7. The number of amides is 1. The van der Waals surface area contributed by atoms with Crippen molar-refractivity contribution in [2.24, 2.45) is 13.0 Å². The highest BCUT2D eigenvalue weighted by Gasteiger charge is 2.49. The fourth-order valence-electron chi connectivity index (χ4n) is 5.00. The Balaban J connectivity index is 1.21. The van der Waals surface area contributed by atoms with Crippen molar-refractivity contribution in [3.05, 3.63) is 29.3 Å². The smallest absolute Gasteiger partial charge is 0.272 e. The second-order valence-electron chi connectivity index (χ2n) is 8.94. The molecule has 2 aromatic rings. The van der Waals surface area contributed by atoms with Crippen LogP contribution in [0.5, 0.6) is 0 Å². The summed E-state index contributed by atoms with van der Waals surface area (Å²) in [6.45, 7) is 2.85. The number of rotatable bonds is 5. The number of aryl methyl sites for hydroxylation is 2. The van der Waals surface area contributed by atoms with Gasteiger partial charge in [0, 0.05) is 18.9 Å². The summed E-state index contributed by atoms with van der Waals surface area (Å²) in [5.41, 5.74) is 2.41. The van der Waals surface area contributed by atoms with Crippen LogP contribution in [0.4, 0.5) is 0 Å². The van der Waals surface area contributed by atoms with Gasteiger partial charge in [-0.3, -0.25) is 9.48 Å². The van der Waals surface area contributed by atoms with E-state index in [0.29, 0.717) is 18.9 Å². The Morgan fingerprint density at radius 2 is 2.00 bits per heavy atom. The summed E-state index contributed by atoms with van der Waals surface area (Å²) >= 11 is 0. The van der Waals surface area contributed by atoms with Crippen molar-refractivity contribution in [1.29, 1.82) is 0 Å². The maximum absolute atomic E-state index is 12.6. The van der Waals surface area contributed by atoms with Gasteiger partial charge in [-0.2, -0.15) is 5.10 Å². The molecule has 0 spiro atoms. The van der Waals surface area contributed by atoms with Crippen LogP contribution in [0.2, 0.25) is 0 Å². The van der Waals surface area contributed by atoms with E-state index in [2.05, 4.69) is 26.9 Å². The lowest BCUT2D eigenvalue weighted by Gasteiger charge is -2.20. The predicted molar refractivity (Wildman–Crippen MR) is 108 cm³/mol. The fraction of sp³-hybridized carbons (Fsp3) is 0.714. The molecular weight excluding hydrogens is 384 g/mol. The van der Waals surface area contributed by atoms with Crippen LogP contribution in [0.1, 0.15) is 60.0 Å². The molecule has 30 heavy (non-hydrogen) atoms. The molecule has 3 fully saturated rings. The highest BCUT2D eigenvalue weighted by Crippen LogP contribution is 2.34. The first-order valence-electron chi connectivity index (χ1n) is 11.0. The average Bonchev–Trinajstić information content (AvgIpc) is 3.50. The van der Waals surface area contributed by atoms with Gasteiger partial charge in [0.1, 0.15) is 23.9 Å². The molecule has 1 aliphatic carbocycles. The van der Waals surface area contributed by atoms with Crippen LogP contribution in [0.25, 0.3) is 0 Å². The van der Waals surface area contributed by atoms with Crippen LogP contribution in [0.3, 0.4) is 0 Å². The third kappa shape index (κ3) is 3.76. The number of carbonyl (C=O) groups is 1. The Kier molecular flexibility index (Phi) is 5.32. The van der Waals surface area contributed by atoms with Crippen molar-refractivity contribution in [2.45, 2.75) is 69.7 Å². The molecule has 5 rings (SSSR count). The highest BCUT2D eigenvalue weighted by molar-refractivity contribution is 5.92. The van der Waals surface area contributed by atoms with Crippen LogP contribution in [0.15, 0.2) is 12.3 Å². The van der Waals surface area contributed by atoms with Gasteiger partial charge >= 0.3 is 0 Å². The molecule has 0 bridgehead atoms. The topological polar surface area (TPSA) is 96.1 Å². The van der Waals surface area contributed by atoms with Crippen molar-refractivity contribution in [1.82, 2.24) is 30.1 Å². The standard InChI is InChI=1S/C21H30N6O3/c1-13-8-16(24-26(13)2)21(28)22-17-11-29-20-18(12-30-19(17)20)27-10-15(23-25-27)9-14-6-4-3-5-7-14/h8,10,14,17-20H,3-7,9,11-12H2,1-2H3,(H,22,28)/t17-,18-,19+,20+/m0/s1. The largest absolute Gasteiger partial charge is 0.371 e. The Morgan fingerprint density at radius 3 is 2.77 bits per heavy atom. The van der Waals surface area contributed by atoms with Crippen molar-refractivity contribution in [3.63, 3.8) is 0 Å². The Bertz CT molecular complexity index is 883. The number of hydrogen-bond acceptors (Lipinski definition) is 6. The minimum atomic E-state index is -0.199. The molecule has 3 aliphatic rings. The molecular formula is C21H30N6O3. The van der Waals surface area contributed by atoms with Gasteiger partial charge in [0.2, 0.25) is 0 Å². The molecule has 1 saturated carbocycles. The number of aromatic nitrogens is 5. The summed E-state index contributed by atoms with van der Waals surface area (Å²) in [6, 6.07) is 1.58. The maximum atomic E-state index is 12.6. The lowest BCUT2D eigenvalue weighted by molar-refractivity contribution is 0.0613. The van der Waals surface area contributed by atoms with Gasteiger partial charge in [-0.25, -0.2) is 4.68 Å². The normalized spacial score (nSPS) is 29.3. The first-order valence-corrected chi connectivity index (χ1v) is 11.0. The molecule has 0 aromatic carbocycles. The van der Waals surface area contributed by atoms with E-state index >= 15 is 0 Å². The number of nitrogens with one attached hydrogen (secondary N) is 1. The first-order chi connectivity index (χ1) is 14.6. The SMILES string of the molecule is Cc1cc(C(=O)N[C@H]2CO[C@H]3[C@@H]2OC[C@@H]3n2cc(CC3CCCCC3)nn2)nn1C. The molecule has 9 nitrogen and oxygen atoms in total. The van der Waals surface area contributed by atoms with Crippen LogP contribution >= 0.6 is 0 Å². The molecule has 9 heteroatoms. The number of hydrogen-bond donors (Lipinski definition) is 1. The Morgan fingerprint density at radius 1 is 1.20 bits per heavy atom. The molecule has 4 heterocycles. The van der Waals surface area contributed by atoms with E-state index in [0.717, 1.165) is 23.7 Å². The van der Waals surface area contributed by atoms with Crippen molar-refractivity contribution in [2.75, 3.05) is 13.2 Å². The lowest BCUT2D eigenvalue weighted by Crippen LogP contribution is -2.44. The molecule has 2 aliphatic heterocycles. The van der Waals surface area contributed by atoms with E-state index in [1.54, 1.807) is 10.7 Å². The average molecular weight is 415 g/mol. The number of fused-ring (bicyclic) bond motifs is 1. The van der Waals surface area contributed by atoms with Gasteiger partial charge in [0.25, 0.3) is 5.91 Å². The van der Waals surface area contributed by atoms with E-state index < -0.39 is 0 Å². The van der Waals surface area contributed by atoms with Crippen LogP contribution in [-0.2, 0) is 22.9 Å². The number of ether oxygens (including phenoxy) is 2. The molecule has 0 radical (unpaired) electrons. The zero-order chi connectivity index (χ0) is 20.7. The van der Waals surface area contributed by atoms with Gasteiger partial charge in [0.05, 0.1) is 24.9 Å². The van der Waals surface area contributed by atoms with Gasteiger partial charge in [-0.15, -0.1) is 5.10 Å². The van der Waals surface area contributed by atoms with Crippen LogP contribution < -0.4 is 5.32 Å². The Labute approximate surface area is 176 Å². The predicted octanol–water partition coefficient (Wildman–Crippen LogP) is 1.58. The van der Waals surface area contributed by atoms with Gasteiger partial charge < -0.3 is 14.8 Å². The Hall–Kier alpha value is -2.26. The highest BCUT2D eigenvalue weighted by atomic mass is 16.6. The summed E-state index contributed by atoms with van der Waals surface area (Å²) in [7, 11) is 1.83. The van der Waals surface area contributed by atoms with E-state index in [9.17, 15) is 4.79 Å². The maximum Gasteiger partial charge on any atom is 0.272 e. The van der Waals surface area contributed by atoms with Gasteiger partial charge in [-0.1, -0.05) is 37.3 Å². The summed E-state index contributed by atoms with van der Waals surface area (Å²) in [5.74, 6) is 0.532. The van der Waals surface area contributed by atoms with Crippen LogP contribution in [0, 0.1) is 12.8 Å². The minimum Gasteiger partial charge on any atom is -0.371 e. The molecule has 2 aromatic heterocycles. The minimum absolute atomic E-state index is 0.0124. The van der Waals surface area contributed by atoms with E-state index in [1.807, 2.05) is 18.7 Å². The van der Waals surface area contributed by atoms with Crippen molar-refractivity contribution in [3.8, 4) is 0 Å². The zero-order valence-electron chi connectivity index (χ0n) is 17.7. The third-order valence-corrected chi connectivity index (χ3v) is 6.81. The second kappa shape index (κ2) is 8.11. The van der Waals surface area contributed by atoms with E-state index in [-0.39, 0.29) is 30.2 Å². The number of carbonyl (C=O) groups excluding carboxylic acids is 1.